The van der Waals surface area contributed by atoms with E-state index in [2.05, 4.69) is 31.3 Å². The molecule has 0 aliphatic heterocycles. The second-order valence-corrected chi connectivity index (χ2v) is 5.80. The normalized spacial score (nSPS) is 14.4. The maximum atomic E-state index is 9.52. The summed E-state index contributed by atoms with van der Waals surface area (Å²) < 4.78 is 0. The molecular weight excluding hydrogens is 242 g/mol. The van der Waals surface area contributed by atoms with Crippen LogP contribution in [0, 0.1) is 6.92 Å². The average Bonchev–Trinajstić information content (AvgIpc) is 2.83. The molecule has 2 N–H and O–H groups in total. The second-order valence-electron chi connectivity index (χ2n) is 4.48. The van der Waals surface area contributed by atoms with Crippen LogP contribution < -0.4 is 5.32 Å². The van der Waals surface area contributed by atoms with Gasteiger partial charge in [0.15, 0.2) is 0 Å². The van der Waals surface area contributed by atoms with Crippen LogP contribution in [-0.2, 0) is 0 Å². The Morgan fingerprint density at radius 3 is 2.44 bits per heavy atom. The summed E-state index contributed by atoms with van der Waals surface area (Å²) in [5.74, 6) is 0. The van der Waals surface area contributed by atoms with Crippen LogP contribution in [-0.4, -0.2) is 11.7 Å². The van der Waals surface area contributed by atoms with Gasteiger partial charge in [0.05, 0.1) is 12.6 Å². The molecule has 0 fully saturated rings. The van der Waals surface area contributed by atoms with E-state index < -0.39 is 0 Å². The molecule has 1 heterocycles. The van der Waals surface area contributed by atoms with Crippen molar-refractivity contribution in [2.45, 2.75) is 25.9 Å². The Morgan fingerprint density at radius 1 is 1.17 bits per heavy atom. The number of aliphatic hydroxyl groups is 1. The van der Waals surface area contributed by atoms with Gasteiger partial charge < -0.3 is 10.4 Å². The number of aryl methyl sites for hydroxylation is 1. The lowest BCUT2D eigenvalue weighted by atomic mass is 10.1. The predicted molar refractivity (Wildman–Crippen MR) is 76.9 cm³/mol. The molecule has 3 heteroatoms. The Labute approximate surface area is 112 Å². The minimum absolute atomic E-state index is 0.0105. The third kappa shape index (κ3) is 3.19. The summed E-state index contributed by atoms with van der Waals surface area (Å²) in [5.41, 5.74) is 1.13. The van der Waals surface area contributed by atoms with Gasteiger partial charge in [0, 0.05) is 15.8 Å². The minimum atomic E-state index is -0.0105. The number of rotatable bonds is 5. The van der Waals surface area contributed by atoms with E-state index in [0.717, 1.165) is 5.56 Å². The zero-order chi connectivity index (χ0) is 13.0. The van der Waals surface area contributed by atoms with Crippen molar-refractivity contribution in [1.29, 1.82) is 0 Å². The first-order valence-electron chi connectivity index (χ1n) is 6.19. The number of hydrogen-bond donors (Lipinski definition) is 2. The van der Waals surface area contributed by atoms with Crippen molar-refractivity contribution in [2.75, 3.05) is 6.61 Å². The topological polar surface area (TPSA) is 32.3 Å². The van der Waals surface area contributed by atoms with E-state index in [9.17, 15) is 5.11 Å². The van der Waals surface area contributed by atoms with Gasteiger partial charge >= 0.3 is 0 Å². The number of nitrogens with one attached hydrogen (secondary N) is 1. The standard InChI is InChI=1S/C15H19NOS/c1-11-8-9-15(18-11)12(2)16-14(10-17)13-6-4-3-5-7-13/h3-9,12,14,16-17H,10H2,1-2H3. The molecular formula is C15H19NOS. The van der Waals surface area contributed by atoms with E-state index >= 15 is 0 Å². The van der Waals surface area contributed by atoms with E-state index in [4.69, 9.17) is 0 Å². The molecule has 0 saturated heterocycles. The van der Waals surface area contributed by atoms with Gasteiger partial charge in [-0.05, 0) is 31.5 Å². The van der Waals surface area contributed by atoms with Gasteiger partial charge in [0.2, 0.25) is 0 Å². The highest BCUT2D eigenvalue weighted by molar-refractivity contribution is 7.12. The number of benzene rings is 1. The first-order valence-corrected chi connectivity index (χ1v) is 7.00. The summed E-state index contributed by atoms with van der Waals surface area (Å²) in [6.45, 7) is 4.36. The Balaban J connectivity index is 2.07. The molecule has 0 radical (unpaired) electrons. The van der Waals surface area contributed by atoms with Gasteiger partial charge in [0.1, 0.15) is 0 Å². The monoisotopic (exact) mass is 261 g/mol. The van der Waals surface area contributed by atoms with Gasteiger partial charge in [-0.3, -0.25) is 0 Å². The zero-order valence-electron chi connectivity index (χ0n) is 10.8. The summed E-state index contributed by atoms with van der Waals surface area (Å²) in [6, 6.07) is 14.6. The summed E-state index contributed by atoms with van der Waals surface area (Å²) in [5, 5.41) is 13.0. The highest BCUT2D eigenvalue weighted by Gasteiger charge is 2.15. The maximum Gasteiger partial charge on any atom is 0.0626 e. The third-order valence-corrected chi connectivity index (χ3v) is 4.21. The maximum absolute atomic E-state index is 9.52. The third-order valence-electron chi connectivity index (χ3n) is 3.02. The van der Waals surface area contributed by atoms with Gasteiger partial charge in [0.25, 0.3) is 0 Å². The molecule has 0 saturated carbocycles. The highest BCUT2D eigenvalue weighted by Crippen LogP contribution is 2.25. The molecule has 18 heavy (non-hydrogen) atoms. The fraction of sp³-hybridized carbons (Fsp3) is 0.333. The van der Waals surface area contributed by atoms with Crippen LogP contribution >= 0.6 is 11.3 Å². The highest BCUT2D eigenvalue weighted by atomic mass is 32.1. The van der Waals surface area contributed by atoms with Crippen LogP contribution in [0.25, 0.3) is 0 Å². The fourth-order valence-corrected chi connectivity index (χ4v) is 2.90. The van der Waals surface area contributed by atoms with Crippen LogP contribution in [0.4, 0.5) is 0 Å². The van der Waals surface area contributed by atoms with Crippen LogP contribution in [0.5, 0.6) is 0 Å². The van der Waals surface area contributed by atoms with Gasteiger partial charge in [-0.1, -0.05) is 30.3 Å². The Kier molecular flexibility index (Phi) is 4.53. The summed E-state index contributed by atoms with van der Waals surface area (Å²) in [6.07, 6.45) is 0. The lowest BCUT2D eigenvalue weighted by Gasteiger charge is -2.21. The van der Waals surface area contributed by atoms with Crippen molar-refractivity contribution < 1.29 is 5.11 Å². The Hall–Kier alpha value is -1.16. The lowest BCUT2D eigenvalue weighted by molar-refractivity contribution is 0.236. The lowest BCUT2D eigenvalue weighted by Crippen LogP contribution is -2.26. The van der Waals surface area contributed by atoms with E-state index in [1.54, 1.807) is 11.3 Å². The van der Waals surface area contributed by atoms with Crippen molar-refractivity contribution in [3.8, 4) is 0 Å². The molecule has 0 aliphatic carbocycles. The molecule has 1 aromatic heterocycles. The van der Waals surface area contributed by atoms with Crippen LogP contribution in [0.15, 0.2) is 42.5 Å². The largest absolute Gasteiger partial charge is 0.394 e. The molecule has 2 atom stereocenters. The van der Waals surface area contributed by atoms with Gasteiger partial charge in [-0.2, -0.15) is 0 Å². The van der Waals surface area contributed by atoms with Crippen molar-refractivity contribution in [1.82, 2.24) is 5.32 Å². The van der Waals surface area contributed by atoms with E-state index in [0.29, 0.717) is 0 Å². The van der Waals surface area contributed by atoms with Crippen LogP contribution in [0.2, 0.25) is 0 Å². The van der Waals surface area contributed by atoms with E-state index in [1.165, 1.54) is 9.75 Å². The van der Waals surface area contributed by atoms with Crippen molar-refractivity contribution in [3.05, 3.63) is 57.8 Å². The van der Waals surface area contributed by atoms with E-state index in [-0.39, 0.29) is 18.7 Å². The molecule has 1 aromatic carbocycles. The van der Waals surface area contributed by atoms with Crippen molar-refractivity contribution in [2.24, 2.45) is 0 Å². The quantitative estimate of drug-likeness (QED) is 0.864. The SMILES string of the molecule is Cc1ccc(C(C)NC(CO)c2ccccc2)s1. The van der Waals surface area contributed by atoms with Crippen LogP contribution in [0.1, 0.15) is 34.3 Å². The van der Waals surface area contributed by atoms with E-state index in [1.807, 2.05) is 30.3 Å². The zero-order valence-corrected chi connectivity index (χ0v) is 11.6. The first kappa shape index (κ1) is 13.3. The second kappa shape index (κ2) is 6.14. The van der Waals surface area contributed by atoms with Gasteiger partial charge in [-0.25, -0.2) is 0 Å². The molecule has 2 unspecified atom stereocenters. The average molecular weight is 261 g/mol. The van der Waals surface area contributed by atoms with Crippen LogP contribution in [0.3, 0.4) is 0 Å². The molecule has 0 aliphatic rings. The summed E-state index contributed by atoms with van der Waals surface area (Å²) in [7, 11) is 0. The summed E-state index contributed by atoms with van der Waals surface area (Å²) in [4.78, 5) is 2.63. The predicted octanol–water partition coefficient (Wildman–Crippen LogP) is 3.44. The Bertz CT molecular complexity index is 480. The first-order chi connectivity index (χ1) is 8.70. The molecule has 2 nitrogen and oxygen atoms in total. The number of aliphatic hydroxyl groups excluding tert-OH is 1. The Morgan fingerprint density at radius 2 is 1.89 bits per heavy atom. The molecule has 0 amide bonds. The van der Waals surface area contributed by atoms with Crippen molar-refractivity contribution >= 4 is 11.3 Å². The van der Waals surface area contributed by atoms with Gasteiger partial charge in [-0.15, -0.1) is 11.3 Å². The molecule has 2 rings (SSSR count). The molecule has 2 aromatic rings. The number of hydrogen-bond acceptors (Lipinski definition) is 3. The smallest absolute Gasteiger partial charge is 0.0626 e. The molecule has 0 bridgehead atoms. The van der Waals surface area contributed by atoms with Crippen molar-refractivity contribution in [3.63, 3.8) is 0 Å². The molecule has 0 spiro atoms. The minimum Gasteiger partial charge on any atom is -0.394 e. The summed E-state index contributed by atoms with van der Waals surface area (Å²) >= 11 is 1.80. The molecule has 96 valence electrons. The number of thiophene rings is 1. The fourth-order valence-electron chi connectivity index (χ4n) is 2.01.